The largest absolute Gasteiger partial charge is 0.496 e. The van der Waals surface area contributed by atoms with E-state index in [0.717, 1.165) is 11.3 Å². The van der Waals surface area contributed by atoms with Gasteiger partial charge in [0, 0.05) is 17.1 Å². The lowest BCUT2D eigenvalue weighted by Crippen LogP contribution is -2.45. The van der Waals surface area contributed by atoms with Gasteiger partial charge in [-0.05, 0) is 33.8 Å². The Bertz CT molecular complexity index is 424. The number of hydrogen-bond acceptors (Lipinski definition) is 3. The molecule has 106 valence electrons. The van der Waals surface area contributed by atoms with Crippen molar-refractivity contribution >= 4 is 5.91 Å². The third-order valence-corrected chi connectivity index (χ3v) is 2.69. The molecule has 0 fully saturated rings. The third-order valence-electron chi connectivity index (χ3n) is 2.69. The summed E-state index contributed by atoms with van der Waals surface area (Å²) < 4.78 is 5.31. The van der Waals surface area contributed by atoms with Crippen molar-refractivity contribution in [3.05, 3.63) is 29.8 Å². The van der Waals surface area contributed by atoms with Crippen molar-refractivity contribution in [2.45, 2.75) is 39.3 Å². The van der Waals surface area contributed by atoms with Crippen LogP contribution in [0.4, 0.5) is 0 Å². The van der Waals surface area contributed by atoms with Crippen LogP contribution < -0.4 is 15.4 Å². The number of carbonyl (C=O) groups is 1. The fourth-order valence-corrected chi connectivity index (χ4v) is 1.84. The second-order valence-electron chi connectivity index (χ2n) is 5.64. The fourth-order valence-electron chi connectivity index (χ4n) is 1.84. The van der Waals surface area contributed by atoms with Gasteiger partial charge in [0.2, 0.25) is 5.91 Å². The summed E-state index contributed by atoms with van der Waals surface area (Å²) in [6, 6.07) is 7.87. The number of benzene rings is 1. The van der Waals surface area contributed by atoms with Gasteiger partial charge in [0.25, 0.3) is 0 Å². The van der Waals surface area contributed by atoms with Gasteiger partial charge in [0.15, 0.2) is 0 Å². The number of amides is 1. The van der Waals surface area contributed by atoms with Gasteiger partial charge in [-0.25, -0.2) is 0 Å². The fraction of sp³-hybridized carbons (Fsp3) is 0.533. The number of carbonyl (C=O) groups excluding carboxylic acids is 1. The molecule has 0 aliphatic rings. The molecule has 0 aromatic heterocycles. The summed E-state index contributed by atoms with van der Waals surface area (Å²) >= 11 is 0. The van der Waals surface area contributed by atoms with Crippen molar-refractivity contribution in [2.24, 2.45) is 0 Å². The minimum atomic E-state index is -0.202. The van der Waals surface area contributed by atoms with Crippen LogP contribution in [0.15, 0.2) is 24.3 Å². The number of para-hydroxylation sites is 1. The zero-order chi connectivity index (χ0) is 14.5. The number of rotatable bonds is 5. The van der Waals surface area contributed by atoms with E-state index in [0.29, 0.717) is 0 Å². The van der Waals surface area contributed by atoms with E-state index in [1.54, 1.807) is 7.11 Å². The van der Waals surface area contributed by atoms with E-state index in [1.165, 1.54) is 0 Å². The Morgan fingerprint density at radius 1 is 1.32 bits per heavy atom. The van der Waals surface area contributed by atoms with Crippen molar-refractivity contribution in [3.63, 3.8) is 0 Å². The van der Waals surface area contributed by atoms with Crippen LogP contribution >= 0.6 is 0 Å². The number of methoxy groups -OCH3 is 1. The molecule has 1 rings (SSSR count). The van der Waals surface area contributed by atoms with E-state index in [9.17, 15) is 4.79 Å². The van der Waals surface area contributed by atoms with Gasteiger partial charge in [-0.3, -0.25) is 4.79 Å². The molecule has 0 bridgehead atoms. The van der Waals surface area contributed by atoms with E-state index >= 15 is 0 Å². The summed E-state index contributed by atoms with van der Waals surface area (Å²) in [5.74, 6) is 0.827. The molecule has 19 heavy (non-hydrogen) atoms. The summed E-state index contributed by atoms with van der Waals surface area (Å²) in [5, 5.41) is 6.13. The molecule has 1 unspecified atom stereocenters. The first kappa shape index (κ1) is 15.5. The van der Waals surface area contributed by atoms with Crippen LogP contribution in [0, 0.1) is 0 Å². The van der Waals surface area contributed by atoms with Crippen LogP contribution in [-0.4, -0.2) is 25.1 Å². The lowest BCUT2D eigenvalue weighted by Gasteiger charge is -2.22. The first-order valence-electron chi connectivity index (χ1n) is 6.51. The minimum Gasteiger partial charge on any atom is -0.496 e. The quantitative estimate of drug-likeness (QED) is 0.857. The lowest BCUT2D eigenvalue weighted by molar-refractivity contribution is -0.121. The highest BCUT2D eigenvalue weighted by Gasteiger charge is 2.15. The zero-order valence-electron chi connectivity index (χ0n) is 12.4. The summed E-state index contributed by atoms with van der Waals surface area (Å²) in [5.41, 5.74) is 0.848. The second-order valence-corrected chi connectivity index (χ2v) is 5.64. The predicted octanol–water partition coefficient (Wildman–Crippen LogP) is 2.26. The van der Waals surface area contributed by atoms with Gasteiger partial charge in [-0.1, -0.05) is 18.2 Å². The second kappa shape index (κ2) is 6.57. The van der Waals surface area contributed by atoms with Gasteiger partial charge in [0.1, 0.15) is 5.75 Å². The molecule has 0 heterocycles. The van der Waals surface area contributed by atoms with Gasteiger partial charge in [0.05, 0.1) is 13.7 Å². The van der Waals surface area contributed by atoms with E-state index < -0.39 is 0 Å². The highest BCUT2D eigenvalue weighted by molar-refractivity contribution is 5.78. The Balaban J connectivity index is 2.56. The standard InChI is InChI=1S/C15H24N2O2/c1-11(12-8-6-7-9-13(12)19-5)16-10-14(18)17-15(2,3)4/h6-9,11,16H,10H2,1-5H3,(H,17,18). The van der Waals surface area contributed by atoms with E-state index in [-0.39, 0.29) is 24.0 Å². The summed E-state index contributed by atoms with van der Waals surface area (Å²) in [6.45, 7) is 8.20. The number of ether oxygens (including phenoxy) is 1. The smallest absolute Gasteiger partial charge is 0.234 e. The van der Waals surface area contributed by atoms with Crippen LogP contribution in [0.3, 0.4) is 0 Å². The molecule has 2 N–H and O–H groups in total. The first-order chi connectivity index (χ1) is 8.83. The molecule has 1 amide bonds. The molecule has 0 spiro atoms. The van der Waals surface area contributed by atoms with Crippen molar-refractivity contribution in [2.75, 3.05) is 13.7 Å². The average Bonchev–Trinajstić information content (AvgIpc) is 2.33. The van der Waals surface area contributed by atoms with Gasteiger partial charge in [-0.2, -0.15) is 0 Å². The van der Waals surface area contributed by atoms with Gasteiger partial charge < -0.3 is 15.4 Å². The summed E-state index contributed by atoms with van der Waals surface area (Å²) in [6.07, 6.45) is 0. The Kier molecular flexibility index (Phi) is 5.36. The summed E-state index contributed by atoms with van der Waals surface area (Å²) in [4.78, 5) is 11.7. The van der Waals surface area contributed by atoms with Crippen molar-refractivity contribution < 1.29 is 9.53 Å². The van der Waals surface area contributed by atoms with Crippen LogP contribution in [0.5, 0.6) is 5.75 Å². The molecule has 0 saturated carbocycles. The monoisotopic (exact) mass is 264 g/mol. The number of hydrogen-bond donors (Lipinski definition) is 2. The van der Waals surface area contributed by atoms with E-state index in [2.05, 4.69) is 10.6 Å². The molecule has 1 atom stereocenters. The van der Waals surface area contributed by atoms with E-state index in [1.807, 2.05) is 52.0 Å². The molecule has 0 aliphatic heterocycles. The molecular formula is C15H24N2O2. The summed E-state index contributed by atoms with van der Waals surface area (Å²) in [7, 11) is 1.65. The number of nitrogens with one attached hydrogen (secondary N) is 2. The van der Waals surface area contributed by atoms with Crippen LogP contribution in [0.25, 0.3) is 0 Å². The third kappa shape index (κ3) is 5.30. The van der Waals surface area contributed by atoms with Crippen LogP contribution in [0.1, 0.15) is 39.3 Å². The molecule has 1 aromatic rings. The highest BCUT2D eigenvalue weighted by Crippen LogP contribution is 2.23. The van der Waals surface area contributed by atoms with E-state index in [4.69, 9.17) is 4.74 Å². The zero-order valence-corrected chi connectivity index (χ0v) is 12.4. The maximum absolute atomic E-state index is 11.7. The molecule has 0 saturated heterocycles. The first-order valence-corrected chi connectivity index (χ1v) is 6.51. The topological polar surface area (TPSA) is 50.4 Å². The van der Waals surface area contributed by atoms with Crippen LogP contribution in [0.2, 0.25) is 0 Å². The maximum atomic E-state index is 11.7. The van der Waals surface area contributed by atoms with Gasteiger partial charge >= 0.3 is 0 Å². The van der Waals surface area contributed by atoms with Crippen molar-refractivity contribution in [1.29, 1.82) is 0 Å². The Hall–Kier alpha value is -1.55. The highest BCUT2D eigenvalue weighted by atomic mass is 16.5. The minimum absolute atomic E-state index is 0.00533. The molecular weight excluding hydrogens is 240 g/mol. The van der Waals surface area contributed by atoms with Crippen LogP contribution in [-0.2, 0) is 4.79 Å². The van der Waals surface area contributed by atoms with Crippen molar-refractivity contribution in [1.82, 2.24) is 10.6 Å². The molecule has 4 heteroatoms. The van der Waals surface area contributed by atoms with Gasteiger partial charge in [-0.15, -0.1) is 0 Å². The molecule has 0 radical (unpaired) electrons. The Morgan fingerprint density at radius 2 is 1.95 bits per heavy atom. The Morgan fingerprint density at radius 3 is 2.53 bits per heavy atom. The molecule has 0 aliphatic carbocycles. The average molecular weight is 264 g/mol. The molecule has 4 nitrogen and oxygen atoms in total. The predicted molar refractivity (Wildman–Crippen MR) is 77.3 cm³/mol. The van der Waals surface area contributed by atoms with Crippen molar-refractivity contribution in [3.8, 4) is 5.75 Å². The Labute approximate surface area is 115 Å². The lowest BCUT2D eigenvalue weighted by atomic mass is 10.1. The maximum Gasteiger partial charge on any atom is 0.234 e. The SMILES string of the molecule is COc1ccccc1C(C)NCC(=O)NC(C)(C)C. The normalized spacial score (nSPS) is 12.9. The molecule has 1 aromatic carbocycles.